The zero-order valence-corrected chi connectivity index (χ0v) is 12.2. The Morgan fingerprint density at radius 1 is 1.30 bits per heavy atom. The standard InChI is InChI=1S/C12H21N7O/c1-7(2)19-11(9(20-4)6-16-19)10(17-14)8-5-15-18(3)12(8)13/h5-7,10,17H,13-14H2,1-4H3. The van der Waals surface area contributed by atoms with Crippen molar-refractivity contribution in [1.82, 2.24) is 25.0 Å². The fourth-order valence-electron chi connectivity index (χ4n) is 2.20. The SMILES string of the molecule is COc1cnn(C(C)C)c1C(NN)c1cnn(C)c1N. The highest BCUT2D eigenvalue weighted by Crippen LogP contribution is 2.33. The second-order valence-electron chi connectivity index (χ2n) is 4.84. The van der Waals surface area contributed by atoms with Crippen molar-refractivity contribution in [1.29, 1.82) is 0 Å². The van der Waals surface area contributed by atoms with Crippen LogP contribution in [0, 0.1) is 0 Å². The molecule has 0 fully saturated rings. The van der Waals surface area contributed by atoms with Gasteiger partial charge in [-0.15, -0.1) is 0 Å². The van der Waals surface area contributed by atoms with Crippen LogP contribution in [0.1, 0.15) is 37.2 Å². The van der Waals surface area contributed by atoms with Crippen LogP contribution in [0.25, 0.3) is 0 Å². The first-order valence-corrected chi connectivity index (χ1v) is 6.36. The van der Waals surface area contributed by atoms with Gasteiger partial charge in [0.15, 0.2) is 5.75 Å². The summed E-state index contributed by atoms with van der Waals surface area (Å²) in [4.78, 5) is 0. The average Bonchev–Trinajstić information content (AvgIpc) is 2.98. The molecule has 1 atom stereocenters. The number of methoxy groups -OCH3 is 1. The Bertz CT molecular complexity index is 587. The third kappa shape index (κ3) is 2.23. The second-order valence-corrected chi connectivity index (χ2v) is 4.84. The summed E-state index contributed by atoms with van der Waals surface area (Å²) < 4.78 is 8.84. The van der Waals surface area contributed by atoms with Gasteiger partial charge >= 0.3 is 0 Å². The van der Waals surface area contributed by atoms with Crippen molar-refractivity contribution >= 4 is 5.82 Å². The predicted molar refractivity (Wildman–Crippen MR) is 76.0 cm³/mol. The molecular formula is C12H21N7O. The Morgan fingerprint density at radius 2 is 2.00 bits per heavy atom. The first kappa shape index (κ1) is 14.4. The number of hydrazine groups is 1. The van der Waals surface area contributed by atoms with E-state index in [1.807, 2.05) is 18.5 Å². The van der Waals surface area contributed by atoms with E-state index in [1.165, 1.54) is 0 Å². The van der Waals surface area contributed by atoms with Crippen LogP contribution in [0.15, 0.2) is 12.4 Å². The lowest BCUT2D eigenvalue weighted by atomic mass is 10.1. The van der Waals surface area contributed by atoms with Crippen molar-refractivity contribution in [2.24, 2.45) is 12.9 Å². The van der Waals surface area contributed by atoms with Gasteiger partial charge in [-0.25, -0.2) is 5.43 Å². The van der Waals surface area contributed by atoms with Crippen molar-refractivity contribution in [3.05, 3.63) is 23.7 Å². The van der Waals surface area contributed by atoms with Crippen LogP contribution in [0.3, 0.4) is 0 Å². The fraction of sp³-hybridized carbons (Fsp3) is 0.500. The second kappa shape index (κ2) is 5.51. The molecule has 2 aromatic heterocycles. The predicted octanol–water partition coefficient (Wildman–Crippen LogP) is 0.341. The van der Waals surface area contributed by atoms with Crippen LogP contribution in [0.5, 0.6) is 5.75 Å². The van der Waals surface area contributed by atoms with Gasteiger partial charge in [-0.2, -0.15) is 10.2 Å². The van der Waals surface area contributed by atoms with Gasteiger partial charge in [0.2, 0.25) is 0 Å². The van der Waals surface area contributed by atoms with E-state index in [0.717, 1.165) is 11.3 Å². The highest BCUT2D eigenvalue weighted by Gasteiger charge is 2.27. The molecule has 110 valence electrons. The summed E-state index contributed by atoms with van der Waals surface area (Å²) in [6.45, 7) is 4.08. The third-order valence-corrected chi connectivity index (χ3v) is 3.27. The van der Waals surface area contributed by atoms with E-state index < -0.39 is 0 Å². The van der Waals surface area contributed by atoms with E-state index >= 15 is 0 Å². The summed E-state index contributed by atoms with van der Waals surface area (Å²) in [5.74, 6) is 6.93. The van der Waals surface area contributed by atoms with Crippen LogP contribution < -0.4 is 21.7 Å². The maximum Gasteiger partial charge on any atom is 0.161 e. The van der Waals surface area contributed by atoms with Crippen LogP contribution in [0.4, 0.5) is 5.82 Å². The summed E-state index contributed by atoms with van der Waals surface area (Å²) >= 11 is 0. The smallest absolute Gasteiger partial charge is 0.161 e. The Balaban J connectivity index is 2.57. The topological polar surface area (TPSA) is 109 Å². The van der Waals surface area contributed by atoms with Crippen molar-refractivity contribution in [2.75, 3.05) is 12.8 Å². The number of rotatable bonds is 5. The molecule has 5 N–H and O–H groups in total. The zero-order valence-electron chi connectivity index (χ0n) is 12.2. The Morgan fingerprint density at radius 3 is 2.45 bits per heavy atom. The number of nitrogens with two attached hydrogens (primary N) is 2. The van der Waals surface area contributed by atoms with Gasteiger partial charge in [0.25, 0.3) is 0 Å². The molecule has 0 spiro atoms. The lowest BCUT2D eigenvalue weighted by Crippen LogP contribution is -2.31. The molecule has 0 saturated carbocycles. The van der Waals surface area contributed by atoms with Gasteiger partial charge in [-0.1, -0.05) is 0 Å². The molecule has 2 aromatic rings. The molecule has 0 amide bonds. The molecule has 0 saturated heterocycles. The summed E-state index contributed by atoms with van der Waals surface area (Å²) in [5.41, 5.74) is 10.4. The first-order valence-electron chi connectivity index (χ1n) is 6.36. The molecular weight excluding hydrogens is 258 g/mol. The van der Waals surface area contributed by atoms with Gasteiger partial charge in [0, 0.05) is 18.7 Å². The van der Waals surface area contributed by atoms with Gasteiger partial charge in [-0.05, 0) is 13.8 Å². The van der Waals surface area contributed by atoms with E-state index in [0.29, 0.717) is 11.6 Å². The maximum atomic E-state index is 6.04. The van der Waals surface area contributed by atoms with Crippen molar-refractivity contribution < 1.29 is 4.74 Å². The van der Waals surface area contributed by atoms with Crippen LogP contribution in [-0.4, -0.2) is 26.7 Å². The minimum Gasteiger partial charge on any atom is -0.493 e. The number of nitrogen functional groups attached to an aromatic ring is 1. The molecule has 20 heavy (non-hydrogen) atoms. The molecule has 0 radical (unpaired) electrons. The number of hydrogen-bond donors (Lipinski definition) is 3. The molecule has 0 aliphatic rings. The zero-order chi connectivity index (χ0) is 14.9. The Labute approximate surface area is 117 Å². The minimum atomic E-state index is -0.344. The van der Waals surface area contributed by atoms with E-state index in [4.69, 9.17) is 16.3 Å². The van der Waals surface area contributed by atoms with Crippen LogP contribution >= 0.6 is 0 Å². The number of hydrogen-bond acceptors (Lipinski definition) is 6. The summed E-state index contributed by atoms with van der Waals surface area (Å²) in [6, 6.07) is -0.175. The number of nitrogens with one attached hydrogen (secondary N) is 1. The molecule has 8 nitrogen and oxygen atoms in total. The van der Waals surface area contributed by atoms with Crippen molar-refractivity contribution in [3.8, 4) is 5.75 Å². The Hall–Kier alpha value is -2.06. The molecule has 0 bridgehead atoms. The number of nitrogens with zero attached hydrogens (tertiary/aromatic N) is 4. The molecule has 0 aliphatic heterocycles. The molecule has 2 rings (SSSR count). The van der Waals surface area contributed by atoms with Crippen LogP contribution in [-0.2, 0) is 7.05 Å². The lowest BCUT2D eigenvalue weighted by Gasteiger charge is -2.20. The van der Waals surface area contributed by atoms with E-state index in [9.17, 15) is 0 Å². The van der Waals surface area contributed by atoms with E-state index in [-0.39, 0.29) is 12.1 Å². The Kier molecular flexibility index (Phi) is 3.96. The number of anilines is 1. The van der Waals surface area contributed by atoms with Crippen LogP contribution in [0.2, 0.25) is 0 Å². The number of aromatic nitrogens is 4. The highest BCUT2D eigenvalue weighted by molar-refractivity contribution is 5.46. The quantitative estimate of drug-likeness (QED) is 0.538. The molecule has 2 heterocycles. The molecule has 0 aromatic carbocycles. The van der Waals surface area contributed by atoms with Gasteiger partial charge in [0.1, 0.15) is 11.5 Å². The average molecular weight is 279 g/mol. The number of ether oxygens (including phenoxy) is 1. The minimum absolute atomic E-state index is 0.169. The molecule has 8 heteroatoms. The molecule has 0 aliphatic carbocycles. The van der Waals surface area contributed by atoms with Crippen molar-refractivity contribution in [3.63, 3.8) is 0 Å². The summed E-state index contributed by atoms with van der Waals surface area (Å²) in [7, 11) is 3.38. The molecule has 1 unspecified atom stereocenters. The maximum absolute atomic E-state index is 6.04. The van der Waals surface area contributed by atoms with Gasteiger partial charge in [-0.3, -0.25) is 15.2 Å². The normalized spacial score (nSPS) is 12.9. The highest BCUT2D eigenvalue weighted by atomic mass is 16.5. The third-order valence-electron chi connectivity index (χ3n) is 3.27. The van der Waals surface area contributed by atoms with Gasteiger partial charge in [0.05, 0.1) is 25.5 Å². The monoisotopic (exact) mass is 279 g/mol. The fourth-order valence-corrected chi connectivity index (χ4v) is 2.20. The van der Waals surface area contributed by atoms with E-state index in [1.54, 1.807) is 31.2 Å². The summed E-state index contributed by atoms with van der Waals surface area (Å²) in [5, 5.41) is 8.50. The number of aryl methyl sites for hydroxylation is 1. The lowest BCUT2D eigenvalue weighted by molar-refractivity contribution is 0.394. The largest absolute Gasteiger partial charge is 0.493 e. The summed E-state index contributed by atoms with van der Waals surface area (Å²) in [6.07, 6.45) is 3.36. The van der Waals surface area contributed by atoms with Gasteiger partial charge < -0.3 is 10.5 Å². The first-order chi connectivity index (χ1) is 9.51. The van der Waals surface area contributed by atoms with Crippen molar-refractivity contribution in [2.45, 2.75) is 25.9 Å². The van der Waals surface area contributed by atoms with E-state index in [2.05, 4.69) is 15.6 Å².